The number of rotatable bonds is 2. The van der Waals surface area contributed by atoms with Crippen LogP contribution >= 0.6 is 0 Å². The van der Waals surface area contributed by atoms with E-state index in [1.807, 2.05) is 25.1 Å². The molecule has 0 unspecified atom stereocenters. The van der Waals surface area contributed by atoms with Gasteiger partial charge in [0.15, 0.2) is 0 Å². The Labute approximate surface area is 105 Å². The van der Waals surface area contributed by atoms with Gasteiger partial charge in [-0.1, -0.05) is 24.3 Å². The van der Waals surface area contributed by atoms with Crippen LogP contribution in [0.3, 0.4) is 0 Å². The van der Waals surface area contributed by atoms with Crippen molar-refractivity contribution < 1.29 is 9.18 Å². The zero-order valence-electron chi connectivity index (χ0n) is 9.91. The van der Waals surface area contributed by atoms with Gasteiger partial charge in [0, 0.05) is 5.69 Å². The first-order chi connectivity index (χ1) is 8.65. The molecule has 18 heavy (non-hydrogen) atoms. The van der Waals surface area contributed by atoms with Gasteiger partial charge in [0.1, 0.15) is 5.82 Å². The first-order valence-electron chi connectivity index (χ1n) is 5.54. The van der Waals surface area contributed by atoms with E-state index in [-0.39, 0.29) is 5.69 Å². The number of benzene rings is 2. The van der Waals surface area contributed by atoms with Crippen LogP contribution in [0.25, 0.3) is 0 Å². The van der Waals surface area contributed by atoms with Crippen molar-refractivity contribution in [2.75, 3.05) is 10.6 Å². The minimum atomic E-state index is -0.467. The molecular weight excluding hydrogens is 231 g/mol. The number of urea groups is 1. The highest BCUT2D eigenvalue weighted by atomic mass is 19.1. The van der Waals surface area contributed by atoms with Gasteiger partial charge in [-0.25, -0.2) is 9.18 Å². The molecule has 0 bridgehead atoms. The fourth-order valence-electron chi connectivity index (χ4n) is 1.54. The number of aryl methyl sites for hydroxylation is 1. The maximum absolute atomic E-state index is 13.4. The van der Waals surface area contributed by atoms with Crippen LogP contribution in [0.15, 0.2) is 48.5 Å². The standard InChI is InChI=1S/C14H13FN2O/c1-10-7-8-12(15)13(9-10)17-14(18)16-11-5-3-2-4-6-11/h2-9H,1H3,(H2,16,17,18). The second-order valence-electron chi connectivity index (χ2n) is 3.93. The molecule has 92 valence electrons. The summed E-state index contributed by atoms with van der Waals surface area (Å²) in [6, 6.07) is 13.1. The van der Waals surface area contributed by atoms with Gasteiger partial charge in [0.25, 0.3) is 0 Å². The lowest BCUT2D eigenvalue weighted by Gasteiger charge is -2.08. The molecule has 0 aromatic heterocycles. The van der Waals surface area contributed by atoms with E-state index >= 15 is 0 Å². The van der Waals surface area contributed by atoms with Crippen LogP contribution in [-0.4, -0.2) is 6.03 Å². The van der Waals surface area contributed by atoms with Gasteiger partial charge in [-0.05, 0) is 36.8 Å². The summed E-state index contributed by atoms with van der Waals surface area (Å²) in [6.07, 6.45) is 0. The molecule has 0 heterocycles. The number of para-hydroxylation sites is 1. The molecule has 2 rings (SSSR count). The molecule has 0 atom stereocenters. The Hall–Kier alpha value is -2.36. The number of halogens is 1. The Morgan fingerprint density at radius 1 is 1.06 bits per heavy atom. The lowest BCUT2D eigenvalue weighted by Crippen LogP contribution is -2.20. The molecule has 2 amide bonds. The maximum Gasteiger partial charge on any atom is 0.323 e. The van der Waals surface area contributed by atoms with E-state index in [2.05, 4.69) is 10.6 Å². The monoisotopic (exact) mass is 244 g/mol. The van der Waals surface area contributed by atoms with Crippen molar-refractivity contribution in [1.29, 1.82) is 0 Å². The number of carbonyl (C=O) groups is 1. The highest BCUT2D eigenvalue weighted by Crippen LogP contribution is 2.16. The van der Waals surface area contributed by atoms with E-state index in [0.29, 0.717) is 5.69 Å². The molecule has 0 saturated carbocycles. The highest BCUT2D eigenvalue weighted by molar-refractivity contribution is 5.99. The maximum atomic E-state index is 13.4. The van der Waals surface area contributed by atoms with Crippen LogP contribution in [0, 0.1) is 12.7 Å². The van der Waals surface area contributed by atoms with E-state index in [9.17, 15) is 9.18 Å². The normalized spacial score (nSPS) is 9.89. The van der Waals surface area contributed by atoms with Gasteiger partial charge in [-0.2, -0.15) is 0 Å². The van der Waals surface area contributed by atoms with Crippen LogP contribution in [0.5, 0.6) is 0 Å². The van der Waals surface area contributed by atoms with Crippen LogP contribution in [0.2, 0.25) is 0 Å². The van der Waals surface area contributed by atoms with Crippen LogP contribution in [0.4, 0.5) is 20.6 Å². The van der Waals surface area contributed by atoms with Gasteiger partial charge in [-0.3, -0.25) is 0 Å². The minimum Gasteiger partial charge on any atom is -0.308 e. The zero-order valence-corrected chi connectivity index (χ0v) is 9.91. The van der Waals surface area contributed by atoms with Crippen molar-refractivity contribution in [2.45, 2.75) is 6.92 Å². The van der Waals surface area contributed by atoms with Crippen LogP contribution in [-0.2, 0) is 0 Å². The zero-order chi connectivity index (χ0) is 13.0. The lowest BCUT2D eigenvalue weighted by atomic mass is 10.2. The number of hydrogen-bond acceptors (Lipinski definition) is 1. The molecule has 2 aromatic rings. The molecule has 0 aliphatic carbocycles. The highest BCUT2D eigenvalue weighted by Gasteiger charge is 2.06. The van der Waals surface area contributed by atoms with Gasteiger partial charge in [-0.15, -0.1) is 0 Å². The lowest BCUT2D eigenvalue weighted by molar-refractivity contribution is 0.262. The summed E-state index contributed by atoms with van der Waals surface area (Å²) in [4.78, 5) is 11.7. The van der Waals surface area contributed by atoms with Crippen molar-refractivity contribution in [3.8, 4) is 0 Å². The number of carbonyl (C=O) groups excluding carboxylic acids is 1. The van der Waals surface area contributed by atoms with E-state index in [1.165, 1.54) is 6.07 Å². The number of anilines is 2. The molecule has 0 aliphatic rings. The van der Waals surface area contributed by atoms with Crippen molar-refractivity contribution >= 4 is 17.4 Å². The Balaban J connectivity index is 2.05. The van der Waals surface area contributed by atoms with Crippen molar-refractivity contribution in [2.24, 2.45) is 0 Å². The molecule has 0 radical (unpaired) electrons. The Kier molecular flexibility index (Phi) is 3.57. The SMILES string of the molecule is Cc1ccc(F)c(NC(=O)Nc2ccccc2)c1. The largest absolute Gasteiger partial charge is 0.323 e. The third kappa shape index (κ3) is 3.07. The fraction of sp³-hybridized carbons (Fsp3) is 0.0714. The Morgan fingerprint density at radius 2 is 1.78 bits per heavy atom. The third-order valence-electron chi connectivity index (χ3n) is 2.40. The fourth-order valence-corrected chi connectivity index (χ4v) is 1.54. The first-order valence-corrected chi connectivity index (χ1v) is 5.54. The van der Waals surface area contributed by atoms with Gasteiger partial charge in [0.05, 0.1) is 5.69 Å². The van der Waals surface area contributed by atoms with Crippen LogP contribution < -0.4 is 10.6 Å². The number of nitrogens with one attached hydrogen (secondary N) is 2. The minimum absolute atomic E-state index is 0.170. The average molecular weight is 244 g/mol. The summed E-state index contributed by atoms with van der Waals surface area (Å²) >= 11 is 0. The number of amides is 2. The molecular formula is C14H13FN2O. The molecule has 2 aromatic carbocycles. The predicted octanol–water partition coefficient (Wildman–Crippen LogP) is 3.78. The van der Waals surface area contributed by atoms with Gasteiger partial charge >= 0.3 is 6.03 Å². The summed E-state index contributed by atoms with van der Waals surface area (Å²) in [5.74, 6) is -0.455. The average Bonchev–Trinajstić information content (AvgIpc) is 2.35. The van der Waals surface area contributed by atoms with Crippen molar-refractivity contribution in [3.05, 3.63) is 59.9 Å². The second kappa shape index (κ2) is 5.31. The number of hydrogen-bond donors (Lipinski definition) is 2. The quantitative estimate of drug-likeness (QED) is 0.829. The third-order valence-corrected chi connectivity index (χ3v) is 2.40. The molecule has 3 nitrogen and oxygen atoms in total. The first kappa shape index (κ1) is 12.1. The Morgan fingerprint density at radius 3 is 2.50 bits per heavy atom. The van der Waals surface area contributed by atoms with Gasteiger partial charge in [0.2, 0.25) is 0 Å². The summed E-state index contributed by atoms with van der Waals surface area (Å²) in [5, 5.41) is 5.09. The van der Waals surface area contributed by atoms with E-state index in [4.69, 9.17) is 0 Å². The van der Waals surface area contributed by atoms with E-state index < -0.39 is 11.8 Å². The second-order valence-corrected chi connectivity index (χ2v) is 3.93. The van der Waals surface area contributed by atoms with Crippen molar-refractivity contribution in [3.63, 3.8) is 0 Å². The van der Waals surface area contributed by atoms with E-state index in [1.54, 1.807) is 24.3 Å². The summed E-state index contributed by atoms with van der Waals surface area (Å²) in [6.45, 7) is 1.83. The smallest absolute Gasteiger partial charge is 0.308 e. The van der Waals surface area contributed by atoms with Gasteiger partial charge < -0.3 is 10.6 Å². The molecule has 0 aliphatic heterocycles. The summed E-state index contributed by atoms with van der Waals surface area (Å²) in [5.41, 5.74) is 1.71. The topological polar surface area (TPSA) is 41.1 Å². The summed E-state index contributed by atoms with van der Waals surface area (Å²) in [7, 11) is 0. The van der Waals surface area contributed by atoms with Crippen LogP contribution in [0.1, 0.15) is 5.56 Å². The molecule has 2 N–H and O–H groups in total. The molecule has 0 saturated heterocycles. The predicted molar refractivity (Wildman–Crippen MR) is 70.2 cm³/mol. The molecule has 4 heteroatoms. The Bertz CT molecular complexity index is 555. The van der Waals surface area contributed by atoms with E-state index in [0.717, 1.165) is 5.56 Å². The molecule has 0 fully saturated rings. The summed E-state index contributed by atoms with van der Waals surface area (Å²) < 4.78 is 13.4. The van der Waals surface area contributed by atoms with Crippen molar-refractivity contribution in [1.82, 2.24) is 0 Å². The molecule has 0 spiro atoms.